The first kappa shape index (κ1) is 20.0. The van der Waals surface area contributed by atoms with Crippen LogP contribution in [0.25, 0.3) is 10.9 Å². The molecule has 2 heterocycles. The zero-order chi connectivity index (χ0) is 21.1. The molecule has 4 rings (SSSR count). The maximum atomic E-state index is 6.04. The topological polar surface area (TPSA) is 57.4 Å². The quantitative estimate of drug-likeness (QED) is 0.350. The van der Waals surface area contributed by atoms with Gasteiger partial charge in [0.05, 0.1) is 17.8 Å². The van der Waals surface area contributed by atoms with E-state index in [0.29, 0.717) is 12.5 Å². The van der Waals surface area contributed by atoms with Crippen LogP contribution in [0.4, 0.5) is 0 Å². The van der Waals surface area contributed by atoms with Crippen molar-refractivity contribution in [3.63, 3.8) is 0 Å². The van der Waals surface area contributed by atoms with Crippen LogP contribution in [0.1, 0.15) is 48.8 Å². The Hall–Kier alpha value is -3.34. The van der Waals surface area contributed by atoms with E-state index in [1.54, 1.807) is 0 Å². The van der Waals surface area contributed by atoms with Crippen LogP contribution in [0.5, 0.6) is 17.4 Å². The van der Waals surface area contributed by atoms with Gasteiger partial charge in [0.15, 0.2) is 0 Å². The van der Waals surface area contributed by atoms with E-state index in [1.165, 1.54) is 5.56 Å². The Morgan fingerprint density at radius 3 is 2.60 bits per heavy atom. The second kappa shape index (κ2) is 8.57. The molecule has 0 aliphatic carbocycles. The van der Waals surface area contributed by atoms with Crippen LogP contribution in [0.15, 0.2) is 59.1 Å². The minimum Gasteiger partial charge on any atom is -0.494 e. The second-order valence-corrected chi connectivity index (χ2v) is 7.56. The van der Waals surface area contributed by atoms with E-state index in [0.717, 1.165) is 45.8 Å². The Kier molecular flexibility index (Phi) is 5.70. The van der Waals surface area contributed by atoms with Crippen LogP contribution in [0.3, 0.4) is 0 Å². The van der Waals surface area contributed by atoms with Gasteiger partial charge in [0.2, 0.25) is 5.88 Å². The molecule has 30 heavy (non-hydrogen) atoms. The highest BCUT2D eigenvalue weighted by Gasteiger charge is 2.14. The van der Waals surface area contributed by atoms with Gasteiger partial charge < -0.3 is 14.0 Å². The van der Waals surface area contributed by atoms with Gasteiger partial charge in [-0.2, -0.15) is 0 Å². The van der Waals surface area contributed by atoms with E-state index in [1.807, 2.05) is 56.3 Å². The summed E-state index contributed by atoms with van der Waals surface area (Å²) in [4.78, 5) is 4.67. The van der Waals surface area contributed by atoms with Crippen LogP contribution in [-0.4, -0.2) is 16.7 Å². The highest BCUT2D eigenvalue weighted by Crippen LogP contribution is 2.30. The van der Waals surface area contributed by atoms with Crippen molar-refractivity contribution in [1.29, 1.82) is 0 Å². The largest absolute Gasteiger partial charge is 0.494 e. The van der Waals surface area contributed by atoms with Crippen molar-refractivity contribution in [1.82, 2.24) is 10.1 Å². The number of fused-ring (bicyclic) bond motifs is 1. The minimum absolute atomic E-state index is 0.152. The number of rotatable bonds is 7. The fourth-order valence-corrected chi connectivity index (χ4v) is 3.37. The fraction of sp³-hybridized carbons (Fsp3) is 0.280. The van der Waals surface area contributed by atoms with Crippen molar-refractivity contribution in [2.75, 3.05) is 6.61 Å². The maximum absolute atomic E-state index is 6.04. The van der Waals surface area contributed by atoms with Crippen LogP contribution < -0.4 is 9.47 Å². The predicted molar refractivity (Wildman–Crippen MR) is 118 cm³/mol. The van der Waals surface area contributed by atoms with Gasteiger partial charge >= 0.3 is 0 Å². The number of hydrogen-bond acceptors (Lipinski definition) is 5. The molecule has 1 atom stereocenters. The number of hydrogen-bond donors (Lipinski definition) is 0. The van der Waals surface area contributed by atoms with Gasteiger partial charge in [-0.1, -0.05) is 25.1 Å². The zero-order valence-electron chi connectivity index (χ0n) is 17.8. The van der Waals surface area contributed by atoms with Crippen LogP contribution in [-0.2, 0) is 0 Å². The molecule has 0 spiro atoms. The van der Waals surface area contributed by atoms with Gasteiger partial charge in [0.25, 0.3) is 0 Å². The molecule has 154 valence electrons. The Labute approximate surface area is 176 Å². The van der Waals surface area contributed by atoms with Crippen molar-refractivity contribution in [3.8, 4) is 17.4 Å². The van der Waals surface area contributed by atoms with Gasteiger partial charge in [-0.25, -0.2) is 4.98 Å². The second-order valence-electron chi connectivity index (χ2n) is 7.56. The summed E-state index contributed by atoms with van der Waals surface area (Å²) in [5, 5.41) is 5.21. The lowest BCUT2D eigenvalue weighted by Crippen LogP contribution is -1.97. The normalized spacial score (nSPS) is 12.1. The standard InChI is InChI=1S/C25H26N2O3/c1-5-12-28-21-8-10-24(16(2)13-21)29-25-11-7-20-15-19(6-9-22(20)26-25)18(4)23-14-17(3)30-27-23/h6-11,13-15,18H,5,12H2,1-4H3. The summed E-state index contributed by atoms with van der Waals surface area (Å²) in [5.74, 6) is 3.18. The zero-order valence-corrected chi connectivity index (χ0v) is 17.8. The van der Waals surface area contributed by atoms with Gasteiger partial charge in [-0.3, -0.25) is 0 Å². The molecule has 2 aromatic carbocycles. The summed E-state index contributed by atoms with van der Waals surface area (Å²) in [6.45, 7) is 8.84. The molecule has 5 heteroatoms. The van der Waals surface area contributed by atoms with E-state index in [9.17, 15) is 0 Å². The lowest BCUT2D eigenvalue weighted by molar-refractivity contribution is 0.316. The third-order valence-electron chi connectivity index (χ3n) is 5.11. The van der Waals surface area contributed by atoms with E-state index in [4.69, 9.17) is 14.0 Å². The third-order valence-corrected chi connectivity index (χ3v) is 5.11. The molecule has 5 nitrogen and oxygen atoms in total. The third kappa shape index (κ3) is 4.30. The number of pyridine rings is 1. The summed E-state index contributed by atoms with van der Waals surface area (Å²) in [6.07, 6.45) is 0.983. The van der Waals surface area contributed by atoms with E-state index < -0.39 is 0 Å². The van der Waals surface area contributed by atoms with Gasteiger partial charge in [0.1, 0.15) is 17.3 Å². The molecule has 1 unspecified atom stereocenters. The number of nitrogens with zero attached hydrogens (tertiary/aromatic N) is 2. The Morgan fingerprint density at radius 2 is 1.87 bits per heavy atom. The highest BCUT2D eigenvalue weighted by atomic mass is 16.5. The van der Waals surface area contributed by atoms with Gasteiger partial charge in [-0.05, 0) is 67.8 Å². The first-order valence-corrected chi connectivity index (χ1v) is 10.3. The average molecular weight is 402 g/mol. The maximum Gasteiger partial charge on any atom is 0.219 e. The molecule has 0 radical (unpaired) electrons. The van der Waals surface area contributed by atoms with Gasteiger partial charge in [-0.15, -0.1) is 0 Å². The average Bonchev–Trinajstić information content (AvgIpc) is 3.19. The molecule has 0 bridgehead atoms. The number of aryl methyl sites for hydroxylation is 2. The van der Waals surface area contributed by atoms with Crippen LogP contribution in [0, 0.1) is 13.8 Å². The lowest BCUT2D eigenvalue weighted by atomic mass is 9.96. The fourth-order valence-electron chi connectivity index (χ4n) is 3.37. The molecule has 0 saturated heterocycles. The first-order valence-electron chi connectivity index (χ1n) is 10.3. The first-order chi connectivity index (χ1) is 14.5. The highest BCUT2D eigenvalue weighted by molar-refractivity contribution is 5.80. The summed E-state index contributed by atoms with van der Waals surface area (Å²) in [7, 11) is 0. The summed E-state index contributed by atoms with van der Waals surface area (Å²) < 4.78 is 16.9. The molecular weight excluding hydrogens is 376 g/mol. The van der Waals surface area contributed by atoms with Crippen molar-refractivity contribution in [2.45, 2.75) is 40.0 Å². The van der Waals surface area contributed by atoms with Crippen LogP contribution >= 0.6 is 0 Å². The molecule has 0 N–H and O–H groups in total. The Bertz CT molecular complexity index is 1170. The molecule has 2 aromatic heterocycles. The molecule has 0 aliphatic heterocycles. The van der Waals surface area contributed by atoms with E-state index in [2.05, 4.69) is 36.1 Å². The summed E-state index contributed by atoms with van der Waals surface area (Å²) in [5.41, 5.74) is 4.00. The molecule has 0 saturated carbocycles. The molecule has 0 fully saturated rings. The Balaban J connectivity index is 1.54. The van der Waals surface area contributed by atoms with Gasteiger partial charge in [0, 0.05) is 23.4 Å². The van der Waals surface area contributed by atoms with Crippen molar-refractivity contribution in [3.05, 3.63) is 77.2 Å². The monoisotopic (exact) mass is 402 g/mol. The smallest absolute Gasteiger partial charge is 0.219 e. The van der Waals surface area contributed by atoms with Crippen molar-refractivity contribution < 1.29 is 14.0 Å². The summed E-state index contributed by atoms with van der Waals surface area (Å²) >= 11 is 0. The lowest BCUT2D eigenvalue weighted by Gasteiger charge is -2.12. The number of ether oxygens (including phenoxy) is 2. The summed E-state index contributed by atoms with van der Waals surface area (Å²) in [6, 6.07) is 18.0. The molecule has 4 aromatic rings. The Morgan fingerprint density at radius 1 is 1.00 bits per heavy atom. The SMILES string of the molecule is CCCOc1ccc(Oc2ccc3cc(C(C)c4cc(C)on4)ccc3n2)c(C)c1. The minimum atomic E-state index is 0.152. The van der Waals surface area contributed by atoms with Crippen molar-refractivity contribution in [2.24, 2.45) is 0 Å². The van der Waals surface area contributed by atoms with E-state index in [-0.39, 0.29) is 5.92 Å². The van der Waals surface area contributed by atoms with Crippen molar-refractivity contribution >= 4 is 10.9 Å². The predicted octanol–water partition coefficient (Wildman–Crippen LogP) is 6.57. The number of benzene rings is 2. The number of aromatic nitrogens is 2. The molecule has 0 amide bonds. The van der Waals surface area contributed by atoms with Crippen LogP contribution in [0.2, 0.25) is 0 Å². The molecule has 0 aliphatic rings. The van der Waals surface area contributed by atoms with E-state index >= 15 is 0 Å². The molecular formula is C25H26N2O3.